The Morgan fingerprint density at radius 1 is 1.35 bits per heavy atom. The Balaban J connectivity index is 1.56. The van der Waals surface area contributed by atoms with Gasteiger partial charge in [-0.05, 0) is 24.5 Å². The number of carbonyl (C=O) groups is 1. The molecule has 106 valence electrons. The van der Waals surface area contributed by atoms with E-state index in [9.17, 15) is 4.79 Å². The van der Waals surface area contributed by atoms with Crippen LogP contribution in [0, 0.1) is 5.92 Å². The Hall–Kier alpha value is -1.84. The summed E-state index contributed by atoms with van der Waals surface area (Å²) in [6.07, 6.45) is 11.3. The third kappa shape index (κ3) is 2.84. The maximum absolute atomic E-state index is 12.2. The maximum atomic E-state index is 12.2. The number of hydrogen-bond acceptors (Lipinski definition) is 2. The molecule has 2 aromatic rings. The Morgan fingerprint density at radius 3 is 3.05 bits per heavy atom. The summed E-state index contributed by atoms with van der Waals surface area (Å²) in [5.74, 6) is 0.800. The molecule has 0 radical (unpaired) electrons. The first kappa shape index (κ1) is 13.2. The smallest absolute Gasteiger partial charge is 0.253 e. The molecule has 4 nitrogen and oxygen atoms in total. The van der Waals surface area contributed by atoms with E-state index < -0.39 is 0 Å². The molecule has 0 aliphatic heterocycles. The second kappa shape index (κ2) is 6.07. The van der Waals surface area contributed by atoms with E-state index in [-0.39, 0.29) is 5.91 Å². The molecule has 2 aromatic heterocycles. The van der Waals surface area contributed by atoms with Gasteiger partial charge < -0.3 is 10.3 Å². The molecule has 0 bridgehead atoms. The van der Waals surface area contributed by atoms with Crippen molar-refractivity contribution < 1.29 is 4.79 Å². The first-order chi connectivity index (χ1) is 9.84. The summed E-state index contributed by atoms with van der Waals surface area (Å²) in [6, 6.07) is 3.78. The number of nitrogens with one attached hydrogen (secondary N) is 2. The van der Waals surface area contributed by atoms with Gasteiger partial charge in [-0.3, -0.25) is 4.79 Å². The lowest BCUT2D eigenvalue weighted by Crippen LogP contribution is -2.26. The molecule has 3 rings (SSSR count). The van der Waals surface area contributed by atoms with Crippen molar-refractivity contribution in [2.24, 2.45) is 5.92 Å². The van der Waals surface area contributed by atoms with Gasteiger partial charge in [0.05, 0.1) is 5.56 Å². The van der Waals surface area contributed by atoms with Crippen molar-refractivity contribution in [1.29, 1.82) is 0 Å². The number of amides is 1. The molecule has 0 aromatic carbocycles. The number of nitrogens with zero attached hydrogens (tertiary/aromatic N) is 1. The molecule has 0 saturated heterocycles. The van der Waals surface area contributed by atoms with Gasteiger partial charge in [0.15, 0.2) is 0 Å². The van der Waals surface area contributed by atoms with Crippen LogP contribution in [0.5, 0.6) is 0 Å². The molecule has 1 aliphatic carbocycles. The average Bonchev–Trinajstić information content (AvgIpc) is 2.92. The van der Waals surface area contributed by atoms with Gasteiger partial charge in [-0.2, -0.15) is 0 Å². The third-order valence-electron chi connectivity index (χ3n) is 4.26. The molecule has 0 atom stereocenters. The van der Waals surface area contributed by atoms with E-state index in [4.69, 9.17) is 0 Å². The minimum atomic E-state index is 0.0000550. The summed E-state index contributed by atoms with van der Waals surface area (Å²) in [4.78, 5) is 19.4. The van der Waals surface area contributed by atoms with Crippen molar-refractivity contribution in [2.75, 3.05) is 6.54 Å². The molecule has 0 unspecified atom stereocenters. The van der Waals surface area contributed by atoms with E-state index in [1.54, 1.807) is 12.4 Å². The Kier molecular flexibility index (Phi) is 4.00. The van der Waals surface area contributed by atoms with Crippen molar-refractivity contribution in [3.05, 3.63) is 30.1 Å². The minimum Gasteiger partial charge on any atom is -0.352 e. The number of aromatic nitrogens is 2. The topological polar surface area (TPSA) is 57.8 Å². The molecular weight excluding hydrogens is 250 g/mol. The molecule has 1 saturated carbocycles. The molecule has 0 spiro atoms. The van der Waals surface area contributed by atoms with Crippen LogP contribution in [-0.2, 0) is 0 Å². The van der Waals surface area contributed by atoms with Crippen molar-refractivity contribution in [3.8, 4) is 0 Å². The highest BCUT2D eigenvalue weighted by Gasteiger charge is 2.15. The number of hydrogen-bond donors (Lipinski definition) is 2. The summed E-state index contributed by atoms with van der Waals surface area (Å²) in [5.41, 5.74) is 1.46. The SMILES string of the molecule is O=C(NCCC1CCCCC1)c1c[nH]c2ncccc12. The zero-order valence-corrected chi connectivity index (χ0v) is 11.7. The molecule has 1 amide bonds. The summed E-state index contributed by atoms with van der Waals surface area (Å²) in [5, 5.41) is 3.93. The monoisotopic (exact) mass is 271 g/mol. The third-order valence-corrected chi connectivity index (χ3v) is 4.26. The number of fused-ring (bicyclic) bond motifs is 1. The normalized spacial score (nSPS) is 16.4. The van der Waals surface area contributed by atoms with Crippen LogP contribution in [0.4, 0.5) is 0 Å². The van der Waals surface area contributed by atoms with E-state index in [0.29, 0.717) is 5.56 Å². The quantitative estimate of drug-likeness (QED) is 0.896. The van der Waals surface area contributed by atoms with Gasteiger partial charge in [0, 0.05) is 24.3 Å². The van der Waals surface area contributed by atoms with Crippen LogP contribution in [0.1, 0.15) is 48.9 Å². The second-order valence-electron chi connectivity index (χ2n) is 5.65. The van der Waals surface area contributed by atoms with E-state index in [1.807, 2.05) is 12.1 Å². The molecule has 1 fully saturated rings. The van der Waals surface area contributed by atoms with Gasteiger partial charge in [0.1, 0.15) is 5.65 Å². The van der Waals surface area contributed by atoms with Crippen LogP contribution in [0.2, 0.25) is 0 Å². The van der Waals surface area contributed by atoms with Crippen LogP contribution in [0.3, 0.4) is 0 Å². The van der Waals surface area contributed by atoms with Gasteiger partial charge in [-0.1, -0.05) is 32.1 Å². The van der Waals surface area contributed by atoms with Crippen molar-refractivity contribution in [3.63, 3.8) is 0 Å². The Labute approximate surface area is 119 Å². The highest BCUT2D eigenvalue weighted by atomic mass is 16.1. The minimum absolute atomic E-state index is 0.0000550. The predicted molar refractivity (Wildman–Crippen MR) is 79.6 cm³/mol. The molecular formula is C16H21N3O. The second-order valence-corrected chi connectivity index (χ2v) is 5.65. The predicted octanol–water partition coefficient (Wildman–Crippen LogP) is 3.26. The van der Waals surface area contributed by atoms with E-state index >= 15 is 0 Å². The molecule has 20 heavy (non-hydrogen) atoms. The Morgan fingerprint density at radius 2 is 2.20 bits per heavy atom. The van der Waals surface area contributed by atoms with Gasteiger partial charge in [-0.25, -0.2) is 4.98 Å². The summed E-state index contributed by atoms with van der Waals surface area (Å²) < 4.78 is 0. The van der Waals surface area contributed by atoms with Gasteiger partial charge in [-0.15, -0.1) is 0 Å². The molecule has 2 N–H and O–H groups in total. The lowest BCUT2D eigenvalue weighted by atomic mass is 9.87. The lowest BCUT2D eigenvalue weighted by Gasteiger charge is -2.21. The number of pyridine rings is 1. The zero-order chi connectivity index (χ0) is 13.8. The highest BCUT2D eigenvalue weighted by molar-refractivity contribution is 6.05. The highest BCUT2D eigenvalue weighted by Crippen LogP contribution is 2.25. The van der Waals surface area contributed by atoms with E-state index in [1.165, 1.54) is 32.1 Å². The largest absolute Gasteiger partial charge is 0.352 e. The van der Waals surface area contributed by atoms with Crippen molar-refractivity contribution in [1.82, 2.24) is 15.3 Å². The molecule has 1 aliphatic rings. The number of rotatable bonds is 4. The van der Waals surface area contributed by atoms with Crippen LogP contribution in [0.25, 0.3) is 11.0 Å². The van der Waals surface area contributed by atoms with Crippen molar-refractivity contribution in [2.45, 2.75) is 38.5 Å². The number of carbonyl (C=O) groups excluding carboxylic acids is 1. The fraction of sp³-hybridized carbons (Fsp3) is 0.500. The molecule has 4 heteroatoms. The van der Waals surface area contributed by atoms with Crippen LogP contribution in [0.15, 0.2) is 24.5 Å². The van der Waals surface area contributed by atoms with Gasteiger partial charge >= 0.3 is 0 Å². The van der Waals surface area contributed by atoms with Gasteiger partial charge in [0.2, 0.25) is 0 Å². The van der Waals surface area contributed by atoms with Crippen molar-refractivity contribution >= 4 is 16.9 Å². The maximum Gasteiger partial charge on any atom is 0.253 e. The molecule has 2 heterocycles. The van der Waals surface area contributed by atoms with Gasteiger partial charge in [0.25, 0.3) is 5.91 Å². The first-order valence-electron chi connectivity index (χ1n) is 7.55. The van der Waals surface area contributed by atoms with E-state index in [0.717, 1.165) is 29.9 Å². The summed E-state index contributed by atoms with van der Waals surface area (Å²) in [7, 11) is 0. The zero-order valence-electron chi connectivity index (χ0n) is 11.7. The van der Waals surface area contributed by atoms with Crippen LogP contribution < -0.4 is 5.32 Å². The van der Waals surface area contributed by atoms with E-state index in [2.05, 4.69) is 15.3 Å². The Bertz CT molecular complexity index is 584. The fourth-order valence-electron chi connectivity index (χ4n) is 3.10. The van der Waals surface area contributed by atoms with Crippen LogP contribution in [-0.4, -0.2) is 22.4 Å². The number of H-pyrrole nitrogens is 1. The van der Waals surface area contributed by atoms with Crippen LogP contribution >= 0.6 is 0 Å². The average molecular weight is 271 g/mol. The summed E-state index contributed by atoms with van der Waals surface area (Å²) in [6.45, 7) is 0.774. The standard InChI is InChI=1S/C16H21N3O/c20-16(18-10-8-12-5-2-1-3-6-12)14-11-19-15-13(14)7-4-9-17-15/h4,7,9,11-12H,1-3,5-6,8,10H2,(H,17,19)(H,18,20). The number of aromatic amines is 1. The summed E-state index contributed by atoms with van der Waals surface area (Å²) >= 11 is 0. The first-order valence-corrected chi connectivity index (χ1v) is 7.55. The lowest BCUT2D eigenvalue weighted by molar-refractivity contribution is 0.0952. The fourth-order valence-corrected chi connectivity index (χ4v) is 3.10.